The monoisotopic (exact) mass is 385 g/mol. The first-order valence-corrected chi connectivity index (χ1v) is 10.5. The van der Waals surface area contributed by atoms with E-state index in [-0.39, 0.29) is 5.91 Å². The second kappa shape index (κ2) is 9.07. The lowest BCUT2D eigenvalue weighted by Gasteiger charge is -2.20. The number of hydrogen-bond acceptors (Lipinski definition) is 5. The van der Waals surface area contributed by atoms with Crippen molar-refractivity contribution in [3.8, 4) is 9.88 Å². The fraction of sp³-hybridized carbons (Fsp3) is 0.300. The first-order chi connectivity index (χ1) is 12.7. The van der Waals surface area contributed by atoms with Crippen molar-refractivity contribution in [3.63, 3.8) is 0 Å². The molecule has 0 bridgehead atoms. The Hall–Kier alpha value is -2.02. The summed E-state index contributed by atoms with van der Waals surface area (Å²) < 4.78 is 0. The molecule has 1 aromatic carbocycles. The summed E-state index contributed by atoms with van der Waals surface area (Å²) in [5, 5.41) is 5.95. The fourth-order valence-corrected chi connectivity index (χ4v) is 4.36. The molecule has 0 aliphatic heterocycles. The fourth-order valence-electron chi connectivity index (χ4n) is 2.73. The molecule has 2 heterocycles. The number of thiazole rings is 1. The van der Waals surface area contributed by atoms with Gasteiger partial charge >= 0.3 is 0 Å². The third kappa shape index (κ3) is 4.58. The zero-order chi connectivity index (χ0) is 18.4. The van der Waals surface area contributed by atoms with Crippen LogP contribution < -0.4 is 5.32 Å². The molecule has 4 nitrogen and oxygen atoms in total. The summed E-state index contributed by atoms with van der Waals surface area (Å²) in [6.07, 6.45) is 1.66. The predicted octanol–water partition coefficient (Wildman–Crippen LogP) is 4.64. The highest BCUT2D eigenvalue weighted by Crippen LogP contribution is 2.28. The quantitative estimate of drug-likeness (QED) is 0.614. The van der Waals surface area contributed by atoms with E-state index in [4.69, 9.17) is 0 Å². The minimum atomic E-state index is -0.0667. The Kier molecular flexibility index (Phi) is 6.55. The second-order valence-corrected chi connectivity index (χ2v) is 7.90. The maximum absolute atomic E-state index is 12.5. The molecule has 0 fully saturated rings. The first kappa shape index (κ1) is 18.8. The van der Waals surface area contributed by atoms with Crippen LogP contribution in [0.5, 0.6) is 0 Å². The van der Waals surface area contributed by atoms with Gasteiger partial charge in [0.05, 0.1) is 11.1 Å². The van der Waals surface area contributed by atoms with Gasteiger partial charge in [-0.2, -0.15) is 0 Å². The number of carbonyl (C=O) groups is 1. The number of rotatable bonds is 8. The Morgan fingerprint density at radius 3 is 2.58 bits per heavy atom. The van der Waals surface area contributed by atoms with Gasteiger partial charge in [0.2, 0.25) is 0 Å². The molecule has 3 aromatic rings. The van der Waals surface area contributed by atoms with Gasteiger partial charge in [0, 0.05) is 13.1 Å². The van der Waals surface area contributed by atoms with Gasteiger partial charge in [-0.3, -0.25) is 9.69 Å². The average Bonchev–Trinajstić information content (AvgIpc) is 3.36. The highest BCUT2D eigenvalue weighted by Gasteiger charge is 2.13. The van der Waals surface area contributed by atoms with Crippen LogP contribution in [0.1, 0.15) is 34.6 Å². The SMILES string of the molecule is CCN(CC)Cc1ccccc1CNC(=O)c1cnc(-c2cccs2)s1. The molecular weight excluding hydrogens is 362 g/mol. The molecule has 1 N–H and O–H groups in total. The lowest BCUT2D eigenvalue weighted by molar-refractivity contribution is 0.0954. The summed E-state index contributed by atoms with van der Waals surface area (Å²) in [4.78, 5) is 21.0. The van der Waals surface area contributed by atoms with Crippen LogP contribution in [0.15, 0.2) is 48.0 Å². The van der Waals surface area contributed by atoms with Gasteiger partial charge in [-0.05, 0) is 35.7 Å². The molecule has 0 aliphatic carbocycles. The Bertz CT molecular complexity index is 838. The number of nitrogens with zero attached hydrogens (tertiary/aromatic N) is 2. The molecular formula is C20H23N3OS2. The van der Waals surface area contributed by atoms with Crippen molar-refractivity contribution < 1.29 is 4.79 Å². The van der Waals surface area contributed by atoms with Crippen LogP contribution in [-0.4, -0.2) is 28.9 Å². The Balaban J connectivity index is 1.65. The first-order valence-electron chi connectivity index (χ1n) is 8.78. The molecule has 0 atom stereocenters. The van der Waals surface area contributed by atoms with Crippen LogP contribution >= 0.6 is 22.7 Å². The molecule has 2 aromatic heterocycles. The summed E-state index contributed by atoms with van der Waals surface area (Å²) in [6.45, 7) is 7.81. The van der Waals surface area contributed by atoms with Gasteiger partial charge in [-0.1, -0.05) is 44.2 Å². The highest BCUT2D eigenvalue weighted by molar-refractivity contribution is 7.21. The molecule has 136 valence electrons. The van der Waals surface area contributed by atoms with Crippen LogP contribution in [0.3, 0.4) is 0 Å². The molecule has 0 saturated carbocycles. The summed E-state index contributed by atoms with van der Waals surface area (Å²) in [6, 6.07) is 12.3. The average molecular weight is 386 g/mol. The van der Waals surface area contributed by atoms with Crippen LogP contribution in [0.2, 0.25) is 0 Å². The van der Waals surface area contributed by atoms with Crippen molar-refractivity contribution in [1.29, 1.82) is 0 Å². The van der Waals surface area contributed by atoms with Crippen LogP contribution in [0.25, 0.3) is 9.88 Å². The van der Waals surface area contributed by atoms with Gasteiger partial charge in [0.1, 0.15) is 9.88 Å². The number of carbonyl (C=O) groups excluding carboxylic acids is 1. The van der Waals surface area contributed by atoms with Gasteiger partial charge in [0.25, 0.3) is 5.91 Å². The van der Waals surface area contributed by atoms with Crippen molar-refractivity contribution >= 4 is 28.6 Å². The van der Waals surface area contributed by atoms with E-state index in [0.717, 1.165) is 35.1 Å². The van der Waals surface area contributed by atoms with Crippen molar-refractivity contribution in [3.05, 3.63) is 64.0 Å². The number of aromatic nitrogens is 1. The smallest absolute Gasteiger partial charge is 0.263 e. The Labute approximate surface area is 162 Å². The van der Waals surface area contributed by atoms with Crippen LogP contribution in [-0.2, 0) is 13.1 Å². The maximum atomic E-state index is 12.5. The van der Waals surface area contributed by atoms with Crippen LogP contribution in [0.4, 0.5) is 0 Å². The maximum Gasteiger partial charge on any atom is 0.263 e. The van der Waals surface area contributed by atoms with E-state index in [2.05, 4.69) is 47.2 Å². The number of amides is 1. The van der Waals surface area contributed by atoms with Gasteiger partial charge < -0.3 is 5.32 Å². The molecule has 0 unspecified atom stereocenters. The number of benzene rings is 1. The Morgan fingerprint density at radius 2 is 1.88 bits per heavy atom. The molecule has 0 radical (unpaired) electrons. The minimum Gasteiger partial charge on any atom is -0.347 e. The normalized spacial score (nSPS) is 11.0. The Morgan fingerprint density at radius 1 is 1.12 bits per heavy atom. The molecule has 3 rings (SSSR count). The number of hydrogen-bond donors (Lipinski definition) is 1. The molecule has 0 aliphatic rings. The third-order valence-electron chi connectivity index (χ3n) is 4.31. The van der Waals surface area contributed by atoms with E-state index in [1.165, 1.54) is 16.9 Å². The lowest BCUT2D eigenvalue weighted by Crippen LogP contribution is -2.25. The zero-order valence-electron chi connectivity index (χ0n) is 15.1. The van der Waals surface area contributed by atoms with E-state index in [0.29, 0.717) is 11.4 Å². The van der Waals surface area contributed by atoms with Crippen molar-refractivity contribution in [2.75, 3.05) is 13.1 Å². The van der Waals surface area contributed by atoms with Gasteiger partial charge in [-0.25, -0.2) is 4.98 Å². The molecule has 1 amide bonds. The summed E-state index contributed by atoms with van der Waals surface area (Å²) in [7, 11) is 0. The minimum absolute atomic E-state index is 0.0667. The van der Waals surface area contributed by atoms with Crippen molar-refractivity contribution in [1.82, 2.24) is 15.2 Å². The van der Waals surface area contributed by atoms with E-state index in [1.807, 2.05) is 23.6 Å². The van der Waals surface area contributed by atoms with E-state index >= 15 is 0 Å². The lowest BCUT2D eigenvalue weighted by atomic mass is 10.1. The van der Waals surface area contributed by atoms with Crippen molar-refractivity contribution in [2.24, 2.45) is 0 Å². The topological polar surface area (TPSA) is 45.2 Å². The van der Waals surface area contributed by atoms with Gasteiger partial charge in [-0.15, -0.1) is 22.7 Å². The summed E-state index contributed by atoms with van der Waals surface area (Å²) >= 11 is 3.07. The molecule has 6 heteroatoms. The molecule has 0 spiro atoms. The highest BCUT2D eigenvalue weighted by atomic mass is 32.1. The van der Waals surface area contributed by atoms with E-state index in [9.17, 15) is 4.79 Å². The van der Waals surface area contributed by atoms with E-state index in [1.54, 1.807) is 17.5 Å². The summed E-state index contributed by atoms with van der Waals surface area (Å²) in [5.74, 6) is -0.0667. The van der Waals surface area contributed by atoms with Crippen molar-refractivity contribution in [2.45, 2.75) is 26.9 Å². The van der Waals surface area contributed by atoms with E-state index < -0.39 is 0 Å². The second-order valence-electron chi connectivity index (χ2n) is 5.92. The third-order valence-corrected chi connectivity index (χ3v) is 6.34. The molecule has 26 heavy (non-hydrogen) atoms. The predicted molar refractivity (Wildman–Crippen MR) is 110 cm³/mol. The van der Waals surface area contributed by atoms with Crippen LogP contribution in [0, 0.1) is 0 Å². The molecule has 0 saturated heterocycles. The summed E-state index contributed by atoms with van der Waals surface area (Å²) in [5.41, 5.74) is 2.43. The zero-order valence-corrected chi connectivity index (χ0v) is 16.7. The number of nitrogens with one attached hydrogen (secondary N) is 1. The standard InChI is InChI=1S/C20H23N3OS2/c1-3-23(4-2)14-16-9-6-5-8-15(16)12-21-19(24)18-13-22-20(26-18)17-10-7-11-25-17/h5-11,13H,3-4,12,14H2,1-2H3,(H,21,24). The largest absolute Gasteiger partial charge is 0.347 e. The van der Waals surface area contributed by atoms with Gasteiger partial charge in [0.15, 0.2) is 0 Å². The number of thiophene rings is 1.